The molecule has 0 radical (unpaired) electrons. The highest BCUT2D eigenvalue weighted by molar-refractivity contribution is 7.90. The van der Waals surface area contributed by atoms with Crippen molar-refractivity contribution >= 4 is 50.7 Å². The fourth-order valence-electron chi connectivity index (χ4n) is 6.99. The third-order valence-corrected chi connectivity index (χ3v) is 11.8. The molecular weight excluding hydrogens is 852 g/mol. The second kappa shape index (κ2) is 20.3. The van der Waals surface area contributed by atoms with Crippen LogP contribution in [-0.2, 0) is 37.3 Å². The van der Waals surface area contributed by atoms with E-state index < -0.39 is 27.8 Å². The molecule has 0 unspecified atom stereocenters. The predicted octanol–water partition coefficient (Wildman–Crippen LogP) is 8.98. The van der Waals surface area contributed by atoms with Gasteiger partial charge in [0.1, 0.15) is 23.9 Å². The number of rotatable bonds is 17. The highest BCUT2D eigenvalue weighted by Gasteiger charge is 2.27. The zero-order valence-corrected chi connectivity index (χ0v) is 37.0. The number of ether oxygens (including phenoxy) is 3. The summed E-state index contributed by atoms with van der Waals surface area (Å²) in [4.78, 5) is 48.5. The van der Waals surface area contributed by atoms with Crippen LogP contribution in [0.1, 0.15) is 42.4 Å². The van der Waals surface area contributed by atoms with E-state index in [0.717, 1.165) is 28.5 Å². The molecule has 0 bridgehead atoms. The van der Waals surface area contributed by atoms with Crippen LogP contribution in [0.2, 0.25) is 0 Å². The first-order valence-corrected chi connectivity index (χ1v) is 22.5. The largest absolute Gasteiger partial charge is 0.497 e. The summed E-state index contributed by atoms with van der Waals surface area (Å²) >= 11 is 0. The summed E-state index contributed by atoms with van der Waals surface area (Å²) in [5.74, 6) is -0.788. The van der Waals surface area contributed by atoms with Crippen LogP contribution in [0.15, 0.2) is 145 Å². The predicted molar refractivity (Wildman–Crippen MR) is 244 cm³/mol. The number of carbonyl (C=O) groups is 3. The number of carbonyl (C=O) groups excluding carboxylic acids is 3. The summed E-state index contributed by atoms with van der Waals surface area (Å²) < 4.78 is 56.6. The summed E-state index contributed by atoms with van der Waals surface area (Å²) in [6.45, 7) is 2.18. The fourth-order valence-corrected chi connectivity index (χ4v) is 7.63. The molecule has 3 amide bonds. The van der Waals surface area contributed by atoms with Gasteiger partial charge in [-0.2, -0.15) is 4.98 Å². The van der Waals surface area contributed by atoms with Gasteiger partial charge in [0, 0.05) is 49.3 Å². The lowest BCUT2D eigenvalue weighted by molar-refractivity contribution is -0.118. The first-order valence-electron chi connectivity index (χ1n) is 20.6. The average molecular weight is 899 g/mol. The van der Waals surface area contributed by atoms with Crippen LogP contribution in [0.25, 0.3) is 16.8 Å². The Labute approximate surface area is 376 Å². The minimum Gasteiger partial charge on any atom is -0.497 e. The van der Waals surface area contributed by atoms with Gasteiger partial charge in [0.15, 0.2) is 15.5 Å². The van der Waals surface area contributed by atoms with Crippen molar-refractivity contribution in [1.82, 2.24) is 19.5 Å². The second-order valence-electron chi connectivity index (χ2n) is 15.2. The van der Waals surface area contributed by atoms with Crippen molar-refractivity contribution in [2.24, 2.45) is 0 Å². The first-order chi connectivity index (χ1) is 31.3. The van der Waals surface area contributed by atoms with Crippen molar-refractivity contribution in [3.05, 3.63) is 162 Å². The van der Waals surface area contributed by atoms with Gasteiger partial charge in [-0.05, 0) is 96.3 Å². The fraction of sp³-hybridized carbons (Fsp3) is 0.204. The number of aromatic nitrogens is 3. The van der Waals surface area contributed by atoms with Gasteiger partial charge < -0.3 is 24.4 Å². The third kappa shape index (κ3) is 11.3. The maximum Gasteiger partial charge on any atom is 0.410 e. The lowest BCUT2D eigenvalue weighted by atomic mass is 10.00. The number of hydrogen-bond acceptors (Lipinski definition) is 10. The normalized spacial score (nSPS) is 11.7. The number of anilines is 3. The van der Waals surface area contributed by atoms with Gasteiger partial charge in [-0.15, -0.1) is 5.10 Å². The quantitative estimate of drug-likeness (QED) is 0.0934. The van der Waals surface area contributed by atoms with E-state index in [2.05, 4.69) is 5.32 Å². The smallest absolute Gasteiger partial charge is 0.410 e. The Kier molecular flexibility index (Phi) is 14.2. The van der Waals surface area contributed by atoms with Gasteiger partial charge in [-0.25, -0.2) is 27.0 Å². The Morgan fingerprint density at radius 3 is 2.20 bits per heavy atom. The Balaban J connectivity index is 1.12. The van der Waals surface area contributed by atoms with Crippen molar-refractivity contribution in [1.29, 1.82) is 0 Å². The van der Waals surface area contributed by atoms with Crippen molar-refractivity contribution < 1.29 is 41.4 Å². The summed E-state index contributed by atoms with van der Waals surface area (Å²) in [6, 6.07) is 37.5. The molecular formula is C49H47FN6O8S. The number of benzene rings is 5. The number of amides is 3. The molecule has 0 aliphatic carbocycles. The Bertz CT molecular complexity index is 2890. The molecule has 2 heterocycles. The molecule has 1 N–H and O–H groups in total. The van der Waals surface area contributed by atoms with E-state index in [9.17, 15) is 27.2 Å². The zero-order valence-electron chi connectivity index (χ0n) is 36.2. The van der Waals surface area contributed by atoms with Crippen LogP contribution in [0.3, 0.4) is 0 Å². The van der Waals surface area contributed by atoms with Crippen LogP contribution >= 0.6 is 0 Å². The average Bonchev–Trinajstić information content (AvgIpc) is 3.74. The zero-order chi connectivity index (χ0) is 46.1. The van der Waals surface area contributed by atoms with Gasteiger partial charge >= 0.3 is 6.09 Å². The van der Waals surface area contributed by atoms with E-state index in [1.165, 1.54) is 51.8 Å². The van der Waals surface area contributed by atoms with E-state index in [4.69, 9.17) is 24.3 Å². The SMILES string of the molecule is COc1ccc(CN(CCCC(=O)N(c2nc3ccc(-c4ccc(NC(=O)[C@H](C)c5ccc(F)cc5)cc4)cn3n2)c2ccc(S(C)(=O)=O)cc2OC)C(=O)OCc2ccccc2)cc1. The second-order valence-corrected chi connectivity index (χ2v) is 17.2. The molecule has 65 heavy (non-hydrogen) atoms. The van der Waals surface area contributed by atoms with E-state index in [1.54, 1.807) is 62.7 Å². The third-order valence-electron chi connectivity index (χ3n) is 10.7. The maximum absolute atomic E-state index is 14.5. The molecule has 0 aliphatic rings. The number of methoxy groups -OCH3 is 2. The molecule has 1 atom stereocenters. The van der Waals surface area contributed by atoms with E-state index in [1.807, 2.05) is 60.7 Å². The summed E-state index contributed by atoms with van der Waals surface area (Å²) in [7, 11) is -0.686. The van der Waals surface area contributed by atoms with Gasteiger partial charge in [0.2, 0.25) is 11.8 Å². The van der Waals surface area contributed by atoms with Crippen LogP contribution in [0, 0.1) is 5.82 Å². The number of nitrogens with zero attached hydrogens (tertiary/aromatic N) is 5. The summed E-state index contributed by atoms with van der Waals surface area (Å²) in [5.41, 5.74) is 5.12. The minimum atomic E-state index is -3.63. The van der Waals surface area contributed by atoms with Crippen molar-refractivity contribution in [3.8, 4) is 22.6 Å². The van der Waals surface area contributed by atoms with Gasteiger partial charge in [-0.1, -0.05) is 66.7 Å². The Morgan fingerprint density at radius 2 is 1.52 bits per heavy atom. The molecule has 0 fully saturated rings. The minimum absolute atomic E-state index is 0.00301. The van der Waals surface area contributed by atoms with Crippen molar-refractivity contribution in [2.45, 2.75) is 43.7 Å². The van der Waals surface area contributed by atoms with E-state index in [0.29, 0.717) is 22.6 Å². The lowest BCUT2D eigenvalue weighted by Crippen LogP contribution is -2.33. The highest BCUT2D eigenvalue weighted by atomic mass is 32.2. The van der Waals surface area contributed by atoms with Gasteiger partial charge in [-0.3, -0.25) is 9.59 Å². The molecule has 16 heteroatoms. The van der Waals surface area contributed by atoms with Crippen molar-refractivity contribution in [3.63, 3.8) is 0 Å². The number of hydrogen-bond donors (Lipinski definition) is 1. The topological polar surface area (TPSA) is 162 Å². The maximum atomic E-state index is 14.5. The highest BCUT2D eigenvalue weighted by Crippen LogP contribution is 2.36. The van der Waals surface area contributed by atoms with E-state index >= 15 is 0 Å². The molecule has 0 aliphatic heterocycles. The number of pyridine rings is 1. The number of halogens is 1. The summed E-state index contributed by atoms with van der Waals surface area (Å²) in [5, 5.41) is 7.62. The van der Waals surface area contributed by atoms with Crippen LogP contribution in [0.5, 0.6) is 11.5 Å². The molecule has 5 aromatic carbocycles. The first kappa shape index (κ1) is 45.4. The molecule has 0 saturated carbocycles. The molecule has 2 aromatic heterocycles. The van der Waals surface area contributed by atoms with Gasteiger partial charge in [0.05, 0.1) is 30.7 Å². The molecule has 0 saturated heterocycles. The number of fused-ring (bicyclic) bond motifs is 1. The Morgan fingerprint density at radius 1 is 0.815 bits per heavy atom. The summed E-state index contributed by atoms with van der Waals surface area (Å²) in [6.07, 6.45) is 2.42. The van der Waals surface area contributed by atoms with E-state index in [-0.39, 0.29) is 66.5 Å². The van der Waals surface area contributed by atoms with Gasteiger partial charge in [0.25, 0.3) is 5.95 Å². The molecule has 0 spiro atoms. The standard InChI is InChI=1S/C49H47FN6O8S/c1-33(36-14-19-39(50)20-15-36)47(58)51-40-21-16-37(17-22-40)38-18-27-45-52-48(53-55(45)31-38)56(43-26-25-42(65(4,60)61)29-44(43)63-3)46(57)11-8-28-54(30-34-12-23-41(62-2)24-13-34)49(59)64-32-35-9-6-5-7-10-35/h5-7,9-10,12-27,29,31,33H,8,11,28,30,32H2,1-4H3,(H,51,58)/t33-/m1/s1. The van der Waals surface area contributed by atoms with Crippen LogP contribution in [-0.4, -0.2) is 72.8 Å². The molecule has 7 rings (SSSR count). The molecule has 334 valence electrons. The number of sulfone groups is 1. The number of nitrogens with one attached hydrogen (secondary N) is 1. The molecule has 14 nitrogen and oxygen atoms in total. The lowest BCUT2D eigenvalue weighted by Gasteiger charge is -2.24. The van der Waals surface area contributed by atoms with Crippen LogP contribution in [0.4, 0.5) is 26.5 Å². The Hall–Kier alpha value is -7.59. The molecule has 7 aromatic rings. The monoisotopic (exact) mass is 898 g/mol. The van der Waals surface area contributed by atoms with Crippen molar-refractivity contribution in [2.75, 3.05) is 37.2 Å². The van der Waals surface area contributed by atoms with Crippen LogP contribution < -0.4 is 19.7 Å².